The second kappa shape index (κ2) is 5.68. The van der Waals surface area contributed by atoms with Crippen LogP contribution in [0.5, 0.6) is 0 Å². The van der Waals surface area contributed by atoms with Crippen LogP contribution in [-0.4, -0.2) is 4.98 Å². The minimum absolute atomic E-state index is 0.516. The maximum absolute atomic E-state index is 5.82. The predicted octanol–water partition coefficient (Wildman–Crippen LogP) is 3.55. The Morgan fingerprint density at radius 3 is 2.69 bits per heavy atom. The molecule has 0 amide bonds. The maximum Gasteiger partial charge on any atom is 0.103 e. The standard InChI is InChI=1S/C11H11ClN2S2/c12-8-1-3-10(4-2-8)15-7-11-14-9(5-13)6-16-11/h1-4,6H,5,7,13H2. The zero-order valence-electron chi connectivity index (χ0n) is 8.52. The van der Waals surface area contributed by atoms with Gasteiger partial charge in [0.05, 0.1) is 11.4 Å². The molecule has 0 radical (unpaired) electrons. The molecule has 0 aliphatic carbocycles. The molecule has 0 aliphatic rings. The number of benzene rings is 1. The van der Waals surface area contributed by atoms with Crippen LogP contribution in [0.25, 0.3) is 0 Å². The van der Waals surface area contributed by atoms with E-state index in [2.05, 4.69) is 4.98 Å². The Labute approximate surface area is 108 Å². The van der Waals surface area contributed by atoms with Gasteiger partial charge in [-0.05, 0) is 24.3 Å². The Kier molecular flexibility index (Phi) is 4.23. The quantitative estimate of drug-likeness (QED) is 0.864. The van der Waals surface area contributed by atoms with Gasteiger partial charge in [-0.25, -0.2) is 4.98 Å². The summed E-state index contributed by atoms with van der Waals surface area (Å²) in [6.07, 6.45) is 0. The molecule has 0 atom stereocenters. The van der Waals surface area contributed by atoms with Crippen molar-refractivity contribution < 1.29 is 0 Å². The Hall–Kier alpha value is -0.550. The summed E-state index contributed by atoms with van der Waals surface area (Å²) in [5, 5.41) is 3.89. The number of nitrogens with two attached hydrogens (primary N) is 1. The van der Waals surface area contributed by atoms with Gasteiger partial charge >= 0.3 is 0 Å². The van der Waals surface area contributed by atoms with Gasteiger partial charge in [-0.1, -0.05) is 11.6 Å². The molecule has 16 heavy (non-hydrogen) atoms. The van der Waals surface area contributed by atoms with Gasteiger partial charge in [-0.3, -0.25) is 0 Å². The first kappa shape index (κ1) is 11.9. The Morgan fingerprint density at radius 1 is 1.31 bits per heavy atom. The number of thioether (sulfide) groups is 1. The fourth-order valence-electron chi connectivity index (χ4n) is 1.18. The van der Waals surface area contributed by atoms with Crippen LogP contribution in [-0.2, 0) is 12.3 Å². The number of halogens is 1. The van der Waals surface area contributed by atoms with E-state index in [1.54, 1.807) is 23.1 Å². The van der Waals surface area contributed by atoms with Crippen molar-refractivity contribution in [1.29, 1.82) is 0 Å². The molecule has 0 aliphatic heterocycles. The largest absolute Gasteiger partial charge is 0.325 e. The summed E-state index contributed by atoms with van der Waals surface area (Å²) in [5.74, 6) is 0.881. The second-order valence-electron chi connectivity index (χ2n) is 3.18. The summed E-state index contributed by atoms with van der Waals surface area (Å²) in [5.41, 5.74) is 6.48. The van der Waals surface area contributed by atoms with Crippen LogP contribution in [0.1, 0.15) is 10.7 Å². The summed E-state index contributed by atoms with van der Waals surface area (Å²) >= 11 is 9.23. The molecule has 0 saturated carbocycles. The van der Waals surface area contributed by atoms with Gasteiger partial charge in [0.2, 0.25) is 0 Å². The van der Waals surface area contributed by atoms with Crippen molar-refractivity contribution in [3.8, 4) is 0 Å². The lowest BCUT2D eigenvalue weighted by molar-refractivity contribution is 0.996. The van der Waals surface area contributed by atoms with Crippen molar-refractivity contribution in [1.82, 2.24) is 4.98 Å². The van der Waals surface area contributed by atoms with Gasteiger partial charge in [-0.15, -0.1) is 23.1 Å². The molecule has 2 N–H and O–H groups in total. The van der Waals surface area contributed by atoms with Crippen molar-refractivity contribution >= 4 is 34.7 Å². The third-order valence-electron chi connectivity index (χ3n) is 1.98. The first-order valence-electron chi connectivity index (χ1n) is 4.79. The number of aromatic nitrogens is 1. The molecule has 84 valence electrons. The average Bonchev–Trinajstić information content (AvgIpc) is 2.76. The third-order valence-corrected chi connectivity index (χ3v) is 4.34. The van der Waals surface area contributed by atoms with Gasteiger partial charge < -0.3 is 5.73 Å². The van der Waals surface area contributed by atoms with Gasteiger partial charge in [0.1, 0.15) is 5.01 Å². The average molecular weight is 271 g/mol. The monoisotopic (exact) mass is 270 g/mol. The van der Waals surface area contributed by atoms with Crippen LogP contribution in [0.2, 0.25) is 5.02 Å². The predicted molar refractivity (Wildman–Crippen MR) is 71.0 cm³/mol. The molecular formula is C11H11ClN2S2. The number of hydrogen-bond acceptors (Lipinski definition) is 4. The van der Waals surface area contributed by atoms with Crippen LogP contribution >= 0.6 is 34.7 Å². The Bertz CT molecular complexity index is 453. The molecule has 0 fully saturated rings. The molecule has 1 heterocycles. The van der Waals surface area contributed by atoms with Gasteiger partial charge in [0, 0.05) is 21.8 Å². The molecule has 0 spiro atoms. The highest BCUT2D eigenvalue weighted by Gasteiger charge is 2.01. The molecule has 1 aromatic carbocycles. The molecule has 5 heteroatoms. The summed E-state index contributed by atoms with van der Waals surface area (Å²) in [4.78, 5) is 5.61. The van der Waals surface area contributed by atoms with Gasteiger partial charge in [0.15, 0.2) is 0 Å². The molecule has 0 bridgehead atoms. The normalized spacial score (nSPS) is 10.6. The molecular weight excluding hydrogens is 260 g/mol. The topological polar surface area (TPSA) is 38.9 Å². The smallest absolute Gasteiger partial charge is 0.103 e. The molecule has 2 rings (SSSR count). The maximum atomic E-state index is 5.82. The molecule has 2 aromatic rings. The van der Waals surface area contributed by atoms with E-state index in [4.69, 9.17) is 17.3 Å². The lowest BCUT2D eigenvalue weighted by atomic mass is 10.4. The fraction of sp³-hybridized carbons (Fsp3) is 0.182. The highest BCUT2D eigenvalue weighted by molar-refractivity contribution is 7.98. The SMILES string of the molecule is NCc1csc(CSc2ccc(Cl)cc2)n1. The van der Waals surface area contributed by atoms with Crippen LogP contribution in [0.15, 0.2) is 34.5 Å². The first-order chi connectivity index (χ1) is 7.78. The number of rotatable bonds is 4. The van der Waals surface area contributed by atoms with Crippen molar-refractivity contribution in [2.45, 2.75) is 17.2 Å². The zero-order chi connectivity index (χ0) is 11.4. The lowest BCUT2D eigenvalue weighted by Gasteiger charge is -1.98. The van der Waals surface area contributed by atoms with E-state index in [-0.39, 0.29) is 0 Å². The minimum atomic E-state index is 0.516. The van der Waals surface area contributed by atoms with E-state index in [0.29, 0.717) is 6.54 Å². The Morgan fingerprint density at radius 2 is 2.06 bits per heavy atom. The molecule has 0 saturated heterocycles. The highest BCUT2D eigenvalue weighted by Crippen LogP contribution is 2.25. The van der Waals surface area contributed by atoms with E-state index in [1.165, 1.54) is 4.90 Å². The van der Waals surface area contributed by atoms with E-state index < -0.39 is 0 Å². The lowest BCUT2D eigenvalue weighted by Crippen LogP contribution is -1.96. The Balaban J connectivity index is 1.94. The summed E-state index contributed by atoms with van der Waals surface area (Å²) in [6, 6.07) is 7.84. The second-order valence-corrected chi connectivity index (χ2v) is 5.61. The summed E-state index contributed by atoms with van der Waals surface area (Å²) < 4.78 is 0. The summed E-state index contributed by atoms with van der Waals surface area (Å²) in [6.45, 7) is 0.516. The van der Waals surface area contributed by atoms with Crippen LogP contribution in [0.3, 0.4) is 0 Å². The van der Waals surface area contributed by atoms with E-state index >= 15 is 0 Å². The van der Waals surface area contributed by atoms with Crippen LogP contribution in [0, 0.1) is 0 Å². The first-order valence-corrected chi connectivity index (χ1v) is 7.04. The van der Waals surface area contributed by atoms with Crippen LogP contribution in [0.4, 0.5) is 0 Å². The van der Waals surface area contributed by atoms with Crippen molar-refractivity contribution in [3.05, 3.63) is 45.4 Å². The van der Waals surface area contributed by atoms with Gasteiger partial charge in [0.25, 0.3) is 0 Å². The van der Waals surface area contributed by atoms with Crippen molar-refractivity contribution in [2.24, 2.45) is 5.73 Å². The van der Waals surface area contributed by atoms with Gasteiger partial charge in [-0.2, -0.15) is 0 Å². The van der Waals surface area contributed by atoms with E-state index in [9.17, 15) is 0 Å². The highest BCUT2D eigenvalue weighted by atomic mass is 35.5. The summed E-state index contributed by atoms with van der Waals surface area (Å²) in [7, 11) is 0. The minimum Gasteiger partial charge on any atom is -0.325 e. The molecule has 1 aromatic heterocycles. The van der Waals surface area contributed by atoms with Crippen LogP contribution < -0.4 is 5.73 Å². The zero-order valence-corrected chi connectivity index (χ0v) is 10.9. The number of hydrogen-bond donors (Lipinski definition) is 1. The number of thiazole rings is 1. The van der Waals surface area contributed by atoms with E-state index in [0.717, 1.165) is 21.5 Å². The van der Waals surface area contributed by atoms with Crippen molar-refractivity contribution in [3.63, 3.8) is 0 Å². The molecule has 0 unspecified atom stereocenters. The number of nitrogens with zero attached hydrogens (tertiary/aromatic N) is 1. The van der Waals surface area contributed by atoms with Crippen molar-refractivity contribution in [2.75, 3.05) is 0 Å². The molecule has 2 nitrogen and oxygen atoms in total. The fourth-order valence-corrected chi connectivity index (χ4v) is 3.03. The van der Waals surface area contributed by atoms with E-state index in [1.807, 2.05) is 29.6 Å². The third kappa shape index (κ3) is 3.22.